The molecule has 1 aromatic heterocycles. The van der Waals surface area contributed by atoms with E-state index in [1.54, 1.807) is 0 Å². The number of aliphatic carboxylic acids is 3. The van der Waals surface area contributed by atoms with Crippen LogP contribution in [0.1, 0.15) is 25.5 Å². The Balaban J connectivity index is 0.000000456. The number of aromatic amines is 1. The van der Waals surface area contributed by atoms with Crippen LogP contribution in [0.3, 0.4) is 0 Å². The van der Waals surface area contributed by atoms with E-state index in [1.807, 2.05) is 4.98 Å². The fourth-order valence-corrected chi connectivity index (χ4v) is 6.94. The Hall–Kier alpha value is -2.34. The number of hydrogen-bond acceptors (Lipinski definition) is 12. The van der Waals surface area contributed by atoms with Crippen molar-refractivity contribution >= 4 is 41.5 Å². The van der Waals surface area contributed by atoms with Gasteiger partial charge in [0.25, 0.3) is 5.56 Å². The first-order chi connectivity index (χ1) is 18.8. The molecule has 23 heteroatoms. The van der Waals surface area contributed by atoms with E-state index in [-0.39, 0.29) is 19.3 Å². The summed E-state index contributed by atoms with van der Waals surface area (Å²) >= 11 is 0. The molecule has 1 fully saturated rings. The van der Waals surface area contributed by atoms with Gasteiger partial charge in [0.05, 0.1) is 6.61 Å². The molecule has 0 amide bonds. The minimum absolute atomic E-state index is 0.0229. The number of phosphoric ester groups is 1. The molecule has 1 aliphatic rings. The molecule has 2 heterocycles. The van der Waals surface area contributed by atoms with E-state index in [9.17, 15) is 43.3 Å². The lowest BCUT2D eigenvalue weighted by Crippen LogP contribution is -2.37. The van der Waals surface area contributed by atoms with E-state index in [1.165, 1.54) is 0 Å². The van der Waals surface area contributed by atoms with Crippen molar-refractivity contribution in [2.24, 2.45) is 0 Å². The smallest absolute Gasteiger partial charge is 0.481 e. The number of hydrogen-bond donors (Lipinski definition) is 9. The van der Waals surface area contributed by atoms with Gasteiger partial charge in [-0.15, -0.1) is 7.92 Å². The molecule has 0 spiro atoms. The van der Waals surface area contributed by atoms with Crippen molar-refractivity contribution < 1.29 is 77.3 Å². The first kappa shape index (κ1) is 36.7. The zero-order valence-corrected chi connectivity index (χ0v) is 23.5. The van der Waals surface area contributed by atoms with Gasteiger partial charge in [0.1, 0.15) is 18.3 Å². The average Bonchev–Trinajstić information content (AvgIpc) is 3.09. The summed E-state index contributed by atoms with van der Waals surface area (Å²) in [7, 11) is -11.3. The molecule has 1 unspecified atom stereocenters. The maximum absolute atomic E-state index is 11.7. The van der Waals surface area contributed by atoms with Gasteiger partial charge in [0.2, 0.25) is 0 Å². The molecular weight excluding hydrogens is 625 g/mol. The first-order valence-electron chi connectivity index (χ1n) is 11.3. The quantitative estimate of drug-likeness (QED) is 0.0949. The molecule has 9 N–H and O–H groups in total. The lowest BCUT2D eigenvalue weighted by atomic mass is 10.1. The van der Waals surface area contributed by atoms with Crippen LogP contribution in [0.2, 0.25) is 0 Å². The average molecular weight is 654 g/mol. The van der Waals surface area contributed by atoms with Gasteiger partial charge in [-0.3, -0.25) is 33.3 Å². The van der Waals surface area contributed by atoms with E-state index in [0.29, 0.717) is 18.5 Å². The predicted octanol–water partition coefficient (Wildman–Crippen LogP) is -1.73. The number of aliphatic hydroxyl groups excluding tert-OH is 2. The zero-order valence-electron chi connectivity index (χ0n) is 20.9. The second kappa shape index (κ2) is 16.3. The van der Waals surface area contributed by atoms with Gasteiger partial charge in [0, 0.05) is 31.5 Å². The molecule has 5 atom stereocenters. The van der Waals surface area contributed by atoms with Crippen LogP contribution in [0.4, 0.5) is 0 Å². The lowest BCUT2D eigenvalue weighted by Gasteiger charge is -2.17. The summed E-state index contributed by atoms with van der Waals surface area (Å²) in [6, 6.07) is 0.962. The van der Waals surface area contributed by atoms with E-state index in [4.69, 9.17) is 34.7 Å². The van der Waals surface area contributed by atoms with Crippen molar-refractivity contribution in [3.8, 4) is 0 Å². The summed E-state index contributed by atoms with van der Waals surface area (Å²) in [5.74, 6) is -2.80. The Kier molecular flexibility index (Phi) is 14.6. The van der Waals surface area contributed by atoms with Gasteiger partial charge in [-0.1, -0.05) is 0 Å². The van der Waals surface area contributed by atoms with Crippen LogP contribution in [0.15, 0.2) is 21.9 Å². The second-order valence-electron chi connectivity index (χ2n) is 8.17. The van der Waals surface area contributed by atoms with Crippen molar-refractivity contribution in [2.45, 2.75) is 43.8 Å². The molecule has 0 aromatic carbocycles. The Morgan fingerprint density at radius 2 is 1.41 bits per heavy atom. The molecule has 0 aliphatic carbocycles. The number of nitrogens with one attached hydrogen (secondary N) is 1. The maximum Gasteiger partial charge on any atom is 0.481 e. The first-order valence-corrected chi connectivity index (χ1v) is 16.2. The Labute approximate surface area is 230 Å². The van der Waals surface area contributed by atoms with Crippen LogP contribution in [-0.4, -0.2) is 111 Å². The number of rotatable bonds is 15. The lowest BCUT2D eigenvalue weighted by molar-refractivity contribution is -0.137. The summed E-state index contributed by atoms with van der Waals surface area (Å²) in [4.78, 5) is 81.8. The summed E-state index contributed by atoms with van der Waals surface area (Å²) in [6.45, 7) is -0.902. The van der Waals surface area contributed by atoms with E-state index in [2.05, 4.69) is 8.83 Å². The number of carboxylic acids is 3. The number of aromatic nitrogens is 2. The Morgan fingerprint density at radius 1 is 0.927 bits per heavy atom. The number of nitrogens with zero attached hydrogens (tertiary/aromatic N) is 1. The highest BCUT2D eigenvalue weighted by molar-refractivity contribution is 7.60. The Bertz CT molecular complexity index is 1220. The summed E-state index contributed by atoms with van der Waals surface area (Å²) < 4.78 is 35.6. The van der Waals surface area contributed by atoms with Crippen LogP contribution in [0.5, 0.6) is 0 Å². The van der Waals surface area contributed by atoms with E-state index >= 15 is 0 Å². The Morgan fingerprint density at radius 3 is 1.83 bits per heavy atom. The van der Waals surface area contributed by atoms with E-state index < -0.39 is 83.9 Å². The molecular formula is C18H29N2O18P3. The van der Waals surface area contributed by atoms with Gasteiger partial charge < -0.3 is 44.9 Å². The zero-order chi connectivity index (χ0) is 31.5. The minimum atomic E-state index is -5.32. The number of aliphatic hydroxyl groups is 2. The van der Waals surface area contributed by atoms with E-state index in [0.717, 1.165) is 16.8 Å². The molecule has 234 valence electrons. The topological polar surface area (TPSA) is 330 Å². The highest BCUT2D eigenvalue weighted by Crippen LogP contribution is 2.57. The van der Waals surface area contributed by atoms with Crippen LogP contribution in [-0.2, 0) is 37.1 Å². The van der Waals surface area contributed by atoms with Crippen LogP contribution in [0, 0.1) is 0 Å². The second-order valence-corrected chi connectivity index (χ2v) is 13.7. The third kappa shape index (κ3) is 14.4. The SMILES string of the molecule is O=C(O)CCP(CCC(=O)O)CCC(=O)O.O=c1ccn([C@@H]2O[C@H](COP(=O)(O)OP(=O)(O)O)[C@@H](O)[C@H]2O)c(=O)[nH]1. The number of phosphoric acid groups is 2. The van der Waals surface area contributed by atoms with Crippen molar-refractivity contribution in [2.75, 3.05) is 25.1 Å². The van der Waals surface area contributed by atoms with Crippen LogP contribution >= 0.6 is 23.6 Å². The molecule has 2 rings (SSSR count). The van der Waals surface area contributed by atoms with Crippen molar-refractivity contribution in [3.05, 3.63) is 33.1 Å². The molecule has 0 radical (unpaired) electrons. The maximum atomic E-state index is 11.7. The fraction of sp³-hybridized carbons (Fsp3) is 0.611. The monoisotopic (exact) mass is 654 g/mol. The molecule has 1 saturated heterocycles. The van der Waals surface area contributed by atoms with Crippen molar-refractivity contribution in [3.63, 3.8) is 0 Å². The normalized spacial score (nSPS) is 22.0. The number of carboxylic acid groups (broad SMARTS) is 3. The molecule has 20 nitrogen and oxygen atoms in total. The number of ether oxygens (including phenoxy) is 1. The van der Waals surface area contributed by atoms with Gasteiger partial charge in [-0.05, 0) is 18.5 Å². The predicted molar refractivity (Wildman–Crippen MR) is 134 cm³/mol. The van der Waals surface area contributed by atoms with Crippen molar-refractivity contribution in [1.82, 2.24) is 9.55 Å². The minimum Gasteiger partial charge on any atom is -0.481 e. The standard InChI is InChI=1S/C9H14N2O12P2.C9H15O6P/c12-5-1-2-11(9(15)10-5)8-7(14)6(13)4(22-8)3-21-25(19,20)23-24(16,17)18;10-7(11)1-4-16(5-2-8(12)13)6-3-9(14)15/h1-2,4,6-8,13-14H,3H2,(H,19,20)(H,10,12,15)(H2,16,17,18);1-6H2,(H,10,11)(H,12,13)(H,14,15)/t4-,6-,7-,8-;/m1./s1. The van der Waals surface area contributed by atoms with Crippen LogP contribution in [0.25, 0.3) is 0 Å². The van der Waals surface area contributed by atoms with Gasteiger partial charge in [0.15, 0.2) is 6.23 Å². The number of H-pyrrole nitrogens is 1. The highest BCUT2D eigenvalue weighted by atomic mass is 31.3. The molecule has 1 aromatic rings. The molecule has 0 bridgehead atoms. The van der Waals surface area contributed by atoms with Gasteiger partial charge >= 0.3 is 39.2 Å². The van der Waals surface area contributed by atoms with Crippen molar-refractivity contribution in [1.29, 1.82) is 0 Å². The molecule has 41 heavy (non-hydrogen) atoms. The summed E-state index contributed by atoms with van der Waals surface area (Å²) in [5, 5.41) is 45.3. The molecule has 1 aliphatic heterocycles. The summed E-state index contributed by atoms with van der Waals surface area (Å²) in [5.41, 5.74) is -1.65. The third-order valence-electron chi connectivity index (χ3n) is 5.00. The van der Waals surface area contributed by atoms with Gasteiger partial charge in [-0.25, -0.2) is 13.9 Å². The summed E-state index contributed by atoms with van der Waals surface area (Å²) in [6.07, 6.45) is -4.13. The molecule has 0 saturated carbocycles. The highest BCUT2D eigenvalue weighted by Gasteiger charge is 2.45. The van der Waals surface area contributed by atoms with Gasteiger partial charge in [-0.2, -0.15) is 4.31 Å². The fourth-order valence-electron chi connectivity index (χ4n) is 3.15. The largest absolute Gasteiger partial charge is 0.481 e. The number of carbonyl (C=O) groups is 3. The third-order valence-corrected chi connectivity index (χ3v) is 9.72. The van der Waals surface area contributed by atoms with Crippen LogP contribution < -0.4 is 11.2 Å².